The number of phenols is 1. The van der Waals surface area contributed by atoms with E-state index in [0.717, 1.165) is 35.8 Å². The number of nitrogens with two attached hydrogens (primary N) is 1. The first-order valence-electron chi connectivity index (χ1n) is 10.2. The van der Waals surface area contributed by atoms with Gasteiger partial charge in [0.1, 0.15) is 11.3 Å². The van der Waals surface area contributed by atoms with Crippen molar-refractivity contribution >= 4 is 12.2 Å². The number of carbonyl (C=O) groups is 1. The molecule has 1 heterocycles. The first-order valence-corrected chi connectivity index (χ1v) is 10.2. The molecule has 7 heteroatoms. The normalized spacial score (nSPS) is 19.4. The summed E-state index contributed by atoms with van der Waals surface area (Å²) in [6.07, 6.45) is 2.41. The smallest absolute Gasteiger partial charge is 0.192 e. The van der Waals surface area contributed by atoms with Gasteiger partial charge in [-0.05, 0) is 53.6 Å². The van der Waals surface area contributed by atoms with Crippen LogP contribution in [0, 0.1) is 5.92 Å². The van der Waals surface area contributed by atoms with Crippen molar-refractivity contribution in [3.63, 3.8) is 0 Å². The molecular formula is C23H27N3O4. The number of nitrogens with zero attached hydrogens (tertiary/aromatic N) is 2. The fourth-order valence-electron chi connectivity index (χ4n) is 3.84. The number of carbonyl (C=O) groups excluding carboxylic acids is 1. The molecule has 1 saturated heterocycles. The minimum atomic E-state index is -1.04. The lowest BCUT2D eigenvalue weighted by molar-refractivity contribution is -0.113. The third-order valence-corrected chi connectivity index (χ3v) is 5.69. The van der Waals surface area contributed by atoms with E-state index in [1.54, 1.807) is 23.1 Å². The van der Waals surface area contributed by atoms with Crippen molar-refractivity contribution in [2.24, 2.45) is 16.6 Å². The van der Waals surface area contributed by atoms with Crippen LogP contribution in [0.25, 0.3) is 11.1 Å². The molecule has 2 aromatic carbocycles. The standard InChI is InChI=1S/C23H27N3O4/c1-26(14-21-29-10-11-30-21)22(24)25-23(15-27,18-8-9-18)19-6-2-4-16(12-19)17-5-3-7-20(28)13-17/h2-7,12-13,15,18,21,28H,8-11,14H2,1H3,(H2,24,25). The third kappa shape index (κ3) is 4.17. The largest absolute Gasteiger partial charge is 0.508 e. The summed E-state index contributed by atoms with van der Waals surface area (Å²) in [6.45, 7) is 1.58. The summed E-state index contributed by atoms with van der Waals surface area (Å²) in [5.41, 5.74) is 7.84. The Morgan fingerprint density at radius 3 is 2.50 bits per heavy atom. The van der Waals surface area contributed by atoms with Crippen LogP contribution in [0.3, 0.4) is 0 Å². The zero-order valence-electron chi connectivity index (χ0n) is 17.0. The highest BCUT2D eigenvalue weighted by Gasteiger charge is 2.47. The Morgan fingerprint density at radius 1 is 1.20 bits per heavy atom. The molecule has 4 rings (SSSR count). The molecule has 0 aromatic heterocycles. The molecule has 1 saturated carbocycles. The zero-order valence-corrected chi connectivity index (χ0v) is 17.0. The maximum absolute atomic E-state index is 12.4. The van der Waals surface area contributed by atoms with E-state index < -0.39 is 5.54 Å². The number of phenolic OH excluding ortho intramolecular Hbond substituents is 1. The molecule has 2 fully saturated rings. The Morgan fingerprint density at radius 2 is 1.87 bits per heavy atom. The molecule has 1 atom stereocenters. The molecule has 158 valence electrons. The predicted octanol–water partition coefficient (Wildman–Crippen LogP) is 2.48. The molecule has 1 aliphatic carbocycles. The average molecular weight is 409 g/mol. The van der Waals surface area contributed by atoms with Crippen molar-refractivity contribution in [2.45, 2.75) is 24.7 Å². The maximum atomic E-state index is 12.4. The van der Waals surface area contributed by atoms with Crippen molar-refractivity contribution in [1.82, 2.24) is 4.90 Å². The highest BCUT2D eigenvalue weighted by Crippen LogP contribution is 2.48. The van der Waals surface area contributed by atoms with Crippen LogP contribution < -0.4 is 5.73 Å². The Hall–Kier alpha value is -2.90. The number of rotatable bonds is 7. The van der Waals surface area contributed by atoms with Crippen LogP contribution in [0.15, 0.2) is 53.5 Å². The second-order valence-electron chi connectivity index (χ2n) is 7.87. The molecule has 2 aromatic rings. The quantitative estimate of drug-likeness (QED) is 0.414. The van der Waals surface area contributed by atoms with Gasteiger partial charge in [0.2, 0.25) is 0 Å². The summed E-state index contributed by atoms with van der Waals surface area (Å²) in [6, 6.07) is 14.8. The predicted molar refractivity (Wildman–Crippen MR) is 114 cm³/mol. The van der Waals surface area contributed by atoms with Gasteiger partial charge in [0, 0.05) is 7.05 Å². The van der Waals surface area contributed by atoms with E-state index in [0.29, 0.717) is 19.8 Å². The molecule has 0 spiro atoms. The molecule has 30 heavy (non-hydrogen) atoms. The lowest BCUT2D eigenvalue weighted by Crippen LogP contribution is -2.42. The second kappa shape index (κ2) is 8.45. The molecule has 1 unspecified atom stereocenters. The number of aromatic hydroxyl groups is 1. The number of aldehydes is 1. The Balaban J connectivity index is 1.67. The Labute approximate surface area is 176 Å². The SMILES string of the molecule is CN(CC1OCCO1)C(N)=NC(C=O)(c1cccc(-c2cccc(O)c2)c1)C1CC1. The van der Waals surface area contributed by atoms with E-state index in [2.05, 4.69) is 0 Å². The lowest BCUT2D eigenvalue weighted by Gasteiger charge is -2.28. The van der Waals surface area contributed by atoms with Crippen molar-refractivity contribution in [1.29, 1.82) is 0 Å². The van der Waals surface area contributed by atoms with E-state index >= 15 is 0 Å². The summed E-state index contributed by atoms with van der Waals surface area (Å²) in [5, 5.41) is 9.82. The number of hydrogen-bond donors (Lipinski definition) is 2. The van der Waals surface area contributed by atoms with Gasteiger partial charge in [-0.1, -0.05) is 30.3 Å². The zero-order chi connectivity index (χ0) is 21.1. The first kappa shape index (κ1) is 20.4. The summed E-state index contributed by atoms with van der Waals surface area (Å²) in [5.74, 6) is 0.582. The van der Waals surface area contributed by atoms with Crippen molar-refractivity contribution in [2.75, 3.05) is 26.8 Å². The summed E-state index contributed by atoms with van der Waals surface area (Å²) in [7, 11) is 1.81. The third-order valence-electron chi connectivity index (χ3n) is 5.69. The molecule has 0 amide bonds. The van der Waals surface area contributed by atoms with Gasteiger partial charge < -0.3 is 30.0 Å². The van der Waals surface area contributed by atoms with Gasteiger partial charge >= 0.3 is 0 Å². The molecule has 7 nitrogen and oxygen atoms in total. The minimum absolute atomic E-state index is 0.111. The number of guanidine groups is 1. The van der Waals surface area contributed by atoms with Crippen LogP contribution in [0.4, 0.5) is 0 Å². The van der Waals surface area contributed by atoms with Gasteiger partial charge in [0.15, 0.2) is 18.5 Å². The fourth-order valence-corrected chi connectivity index (χ4v) is 3.84. The van der Waals surface area contributed by atoms with Crippen LogP contribution >= 0.6 is 0 Å². The van der Waals surface area contributed by atoms with E-state index in [9.17, 15) is 9.90 Å². The summed E-state index contributed by atoms with van der Waals surface area (Å²) >= 11 is 0. The topological polar surface area (TPSA) is 97.4 Å². The van der Waals surface area contributed by atoms with Gasteiger partial charge in [0.05, 0.1) is 19.8 Å². The fraction of sp³-hybridized carbons (Fsp3) is 0.391. The van der Waals surface area contributed by atoms with Gasteiger partial charge in [-0.3, -0.25) is 0 Å². The minimum Gasteiger partial charge on any atom is -0.508 e. The van der Waals surface area contributed by atoms with Crippen LogP contribution in [0.5, 0.6) is 5.75 Å². The van der Waals surface area contributed by atoms with Crippen molar-refractivity contribution < 1.29 is 19.4 Å². The van der Waals surface area contributed by atoms with E-state index in [-0.39, 0.29) is 23.9 Å². The average Bonchev–Trinajstić information content (AvgIpc) is 3.49. The highest BCUT2D eigenvalue weighted by molar-refractivity contribution is 5.83. The Kier molecular flexibility index (Phi) is 5.74. The molecular weight excluding hydrogens is 382 g/mol. The van der Waals surface area contributed by atoms with Crippen LogP contribution in [0.1, 0.15) is 18.4 Å². The monoisotopic (exact) mass is 409 g/mol. The number of benzene rings is 2. The maximum Gasteiger partial charge on any atom is 0.192 e. The van der Waals surface area contributed by atoms with Crippen LogP contribution in [0.2, 0.25) is 0 Å². The molecule has 2 aliphatic rings. The number of likely N-dealkylation sites (N-methyl/N-ethyl adjacent to an activating group) is 1. The van der Waals surface area contributed by atoms with Crippen LogP contribution in [-0.2, 0) is 19.8 Å². The van der Waals surface area contributed by atoms with Gasteiger partial charge in [-0.25, -0.2) is 4.99 Å². The molecule has 0 radical (unpaired) electrons. The van der Waals surface area contributed by atoms with Gasteiger partial charge in [-0.2, -0.15) is 0 Å². The molecule has 3 N–H and O–H groups in total. The first-order chi connectivity index (χ1) is 14.5. The van der Waals surface area contributed by atoms with Gasteiger partial charge in [-0.15, -0.1) is 0 Å². The van der Waals surface area contributed by atoms with E-state index in [4.69, 9.17) is 20.2 Å². The van der Waals surface area contributed by atoms with Crippen LogP contribution in [-0.4, -0.2) is 55.3 Å². The lowest BCUT2D eigenvalue weighted by atomic mass is 9.85. The van der Waals surface area contributed by atoms with Gasteiger partial charge in [0.25, 0.3) is 0 Å². The van der Waals surface area contributed by atoms with E-state index in [1.807, 2.05) is 37.4 Å². The number of aliphatic imine (C=N–C) groups is 1. The second-order valence-corrected chi connectivity index (χ2v) is 7.87. The number of ether oxygens (including phenoxy) is 2. The summed E-state index contributed by atoms with van der Waals surface area (Å²) in [4.78, 5) is 18.9. The highest BCUT2D eigenvalue weighted by atomic mass is 16.7. The van der Waals surface area contributed by atoms with E-state index in [1.165, 1.54) is 0 Å². The molecule has 1 aliphatic heterocycles. The molecule has 0 bridgehead atoms. The number of hydrogen-bond acceptors (Lipinski definition) is 5. The van der Waals surface area contributed by atoms with Crippen molar-refractivity contribution in [3.8, 4) is 16.9 Å². The summed E-state index contributed by atoms with van der Waals surface area (Å²) < 4.78 is 11.0. The van der Waals surface area contributed by atoms with Crippen molar-refractivity contribution in [3.05, 3.63) is 54.1 Å². The Bertz CT molecular complexity index is 938.